The predicted molar refractivity (Wildman–Crippen MR) is 123 cm³/mol. The fourth-order valence-electron chi connectivity index (χ4n) is 3.73. The van der Waals surface area contributed by atoms with E-state index in [-0.39, 0.29) is 31.5 Å². The molecule has 2 aromatic rings. The average molecular weight is 462 g/mol. The van der Waals surface area contributed by atoms with Crippen LogP contribution in [-0.4, -0.2) is 55.3 Å². The summed E-state index contributed by atoms with van der Waals surface area (Å²) in [5.41, 5.74) is 3.56. The Bertz CT molecular complexity index is 974. The zero-order valence-corrected chi connectivity index (χ0v) is 19.1. The van der Waals surface area contributed by atoms with E-state index in [9.17, 15) is 29.6 Å². The van der Waals surface area contributed by atoms with E-state index in [0.717, 1.165) is 0 Å². The van der Waals surface area contributed by atoms with Gasteiger partial charge in [0.15, 0.2) is 0 Å². The number of aliphatic hydroxyl groups is 4. The molecular weight excluding hydrogens is 429 g/mol. The van der Waals surface area contributed by atoms with Gasteiger partial charge in [0.1, 0.15) is 5.82 Å². The minimum absolute atomic E-state index is 0.0593. The summed E-state index contributed by atoms with van der Waals surface area (Å²) < 4.78 is 13.6. The van der Waals surface area contributed by atoms with E-state index in [2.05, 4.69) is 0 Å². The van der Waals surface area contributed by atoms with Gasteiger partial charge < -0.3 is 25.5 Å². The Morgan fingerprint density at radius 1 is 1.09 bits per heavy atom. The van der Waals surface area contributed by atoms with Gasteiger partial charge in [-0.3, -0.25) is 9.78 Å². The first-order valence-corrected chi connectivity index (χ1v) is 10.9. The number of aliphatic hydroxyl groups excluding tert-OH is 4. The highest BCUT2D eigenvalue weighted by Gasteiger charge is 2.24. The molecule has 0 fully saturated rings. The zero-order valence-electron chi connectivity index (χ0n) is 19.1. The number of carbonyl (C=O) groups is 1. The molecule has 3 atom stereocenters. The van der Waals surface area contributed by atoms with E-state index in [1.807, 2.05) is 13.8 Å². The maximum absolute atomic E-state index is 13.6. The summed E-state index contributed by atoms with van der Waals surface area (Å²) in [6.45, 7) is 5.14. The van der Waals surface area contributed by atoms with Crippen molar-refractivity contribution in [2.75, 3.05) is 6.61 Å². The van der Waals surface area contributed by atoms with Gasteiger partial charge in [-0.15, -0.1) is 0 Å². The van der Waals surface area contributed by atoms with E-state index < -0.39 is 30.4 Å². The molecule has 1 aromatic heterocycles. The van der Waals surface area contributed by atoms with E-state index in [1.165, 1.54) is 18.2 Å². The van der Waals surface area contributed by atoms with Gasteiger partial charge in [-0.2, -0.15) is 0 Å². The molecule has 3 unspecified atom stereocenters. The van der Waals surface area contributed by atoms with Gasteiger partial charge in [-0.05, 0) is 29.2 Å². The van der Waals surface area contributed by atoms with Crippen LogP contribution in [0.5, 0.6) is 0 Å². The largest absolute Gasteiger partial charge is 0.481 e. The van der Waals surface area contributed by atoms with Crippen molar-refractivity contribution in [2.45, 2.75) is 64.3 Å². The number of nitrogens with zero attached hydrogens (tertiary/aromatic N) is 1. The first-order chi connectivity index (χ1) is 15.6. The number of hydrogen-bond donors (Lipinski definition) is 5. The lowest BCUT2D eigenvalue weighted by Crippen LogP contribution is -2.19. The van der Waals surface area contributed by atoms with E-state index in [4.69, 9.17) is 10.1 Å². The lowest BCUT2D eigenvalue weighted by atomic mass is 9.86. The molecule has 0 saturated heterocycles. The Kier molecular flexibility index (Phi) is 9.67. The van der Waals surface area contributed by atoms with Gasteiger partial charge in [0.2, 0.25) is 0 Å². The molecule has 0 radical (unpaired) electrons. The van der Waals surface area contributed by atoms with Crippen molar-refractivity contribution in [1.29, 1.82) is 0 Å². The third-order valence-corrected chi connectivity index (χ3v) is 5.38. The van der Waals surface area contributed by atoms with Crippen LogP contribution in [0.15, 0.2) is 30.3 Å². The molecule has 7 nitrogen and oxygen atoms in total. The fraction of sp³-hybridized carbons (Fsp3) is 0.440. The average Bonchev–Trinajstić information content (AvgIpc) is 2.75. The number of halogens is 1. The van der Waals surface area contributed by atoms with Crippen molar-refractivity contribution in [2.24, 2.45) is 0 Å². The number of aliphatic carboxylic acids is 1. The van der Waals surface area contributed by atoms with Gasteiger partial charge in [0, 0.05) is 23.5 Å². The summed E-state index contributed by atoms with van der Waals surface area (Å²) in [6, 6.07) is 5.80. The molecule has 0 aliphatic carbocycles. The highest BCUT2D eigenvalue weighted by molar-refractivity contribution is 5.80. The summed E-state index contributed by atoms with van der Waals surface area (Å²) >= 11 is 0. The smallest absolute Gasteiger partial charge is 0.305 e. The molecule has 2 rings (SSSR count). The first kappa shape index (κ1) is 26.6. The molecule has 180 valence electrons. The SMILES string of the molecule is CC(C)c1nc(C(C)CO)c(CO)c(-c2ccc(F)cc2)c1C=CC(O)CC(O)CC(=O)O. The minimum atomic E-state index is -1.21. The number of carboxylic acids is 1. The third-order valence-electron chi connectivity index (χ3n) is 5.38. The lowest BCUT2D eigenvalue weighted by Gasteiger charge is -2.23. The number of carboxylic acid groups (broad SMARTS) is 1. The van der Waals surface area contributed by atoms with Crippen LogP contribution in [0, 0.1) is 5.82 Å². The normalized spacial score (nSPS) is 14.6. The highest BCUT2D eigenvalue weighted by Crippen LogP contribution is 2.37. The molecule has 0 bridgehead atoms. The standard InChI is InChI=1S/C25H32FNO6/c1-14(2)24-20(9-8-18(30)10-19(31)11-22(32)33)23(16-4-6-17(26)7-5-16)21(13-29)25(27-24)15(3)12-28/h4-9,14-15,18-19,28-31H,10-13H2,1-3H3,(H,32,33). The van der Waals surface area contributed by atoms with Crippen LogP contribution in [0.4, 0.5) is 4.39 Å². The van der Waals surface area contributed by atoms with Gasteiger partial charge in [0.05, 0.1) is 43.2 Å². The molecule has 8 heteroatoms. The zero-order chi connectivity index (χ0) is 24.7. The number of hydrogen-bond acceptors (Lipinski definition) is 6. The molecule has 0 spiro atoms. The van der Waals surface area contributed by atoms with E-state index >= 15 is 0 Å². The number of aromatic nitrogens is 1. The Balaban J connectivity index is 2.68. The number of benzene rings is 1. The van der Waals surface area contributed by atoms with Crippen molar-refractivity contribution < 1.29 is 34.7 Å². The lowest BCUT2D eigenvalue weighted by molar-refractivity contribution is -0.139. The van der Waals surface area contributed by atoms with Crippen LogP contribution in [-0.2, 0) is 11.4 Å². The van der Waals surface area contributed by atoms with E-state index in [0.29, 0.717) is 33.6 Å². The number of rotatable bonds is 11. The second-order valence-corrected chi connectivity index (χ2v) is 8.47. The van der Waals surface area contributed by atoms with Gasteiger partial charge in [0.25, 0.3) is 0 Å². The van der Waals surface area contributed by atoms with Gasteiger partial charge >= 0.3 is 5.97 Å². The molecule has 0 aliphatic heterocycles. The second kappa shape index (κ2) is 12.0. The van der Waals surface area contributed by atoms with Crippen LogP contribution >= 0.6 is 0 Å². The molecule has 33 heavy (non-hydrogen) atoms. The minimum Gasteiger partial charge on any atom is -0.481 e. The summed E-state index contributed by atoms with van der Waals surface area (Å²) in [6.07, 6.45) is 0.109. The fourth-order valence-corrected chi connectivity index (χ4v) is 3.73. The first-order valence-electron chi connectivity index (χ1n) is 10.9. The molecular formula is C25H32FNO6. The van der Waals surface area contributed by atoms with Crippen LogP contribution in [0.25, 0.3) is 17.2 Å². The van der Waals surface area contributed by atoms with Crippen molar-refractivity contribution in [3.63, 3.8) is 0 Å². The Labute approximate surface area is 192 Å². The molecule has 1 aromatic carbocycles. The summed E-state index contributed by atoms with van der Waals surface area (Å²) in [5, 5.41) is 48.9. The van der Waals surface area contributed by atoms with Crippen LogP contribution in [0.1, 0.15) is 68.0 Å². The highest BCUT2D eigenvalue weighted by atomic mass is 19.1. The molecule has 5 N–H and O–H groups in total. The quantitative estimate of drug-likeness (QED) is 0.347. The van der Waals surface area contributed by atoms with Gasteiger partial charge in [-0.25, -0.2) is 4.39 Å². The van der Waals surface area contributed by atoms with Crippen LogP contribution < -0.4 is 0 Å². The number of pyridine rings is 1. The monoisotopic (exact) mass is 461 g/mol. The molecule has 1 heterocycles. The van der Waals surface area contributed by atoms with Crippen molar-refractivity contribution >= 4 is 12.0 Å². The maximum Gasteiger partial charge on any atom is 0.305 e. The third kappa shape index (κ3) is 6.91. The summed E-state index contributed by atoms with van der Waals surface area (Å²) in [7, 11) is 0. The van der Waals surface area contributed by atoms with Crippen molar-refractivity contribution in [3.8, 4) is 11.1 Å². The Hall–Kier alpha value is -2.65. The topological polar surface area (TPSA) is 131 Å². The van der Waals surface area contributed by atoms with Crippen LogP contribution in [0.2, 0.25) is 0 Å². The molecule has 0 amide bonds. The van der Waals surface area contributed by atoms with Crippen molar-refractivity contribution in [1.82, 2.24) is 4.98 Å². The van der Waals surface area contributed by atoms with E-state index in [1.54, 1.807) is 25.1 Å². The second-order valence-electron chi connectivity index (χ2n) is 8.47. The summed E-state index contributed by atoms with van der Waals surface area (Å²) in [4.78, 5) is 15.5. The molecule has 0 saturated carbocycles. The van der Waals surface area contributed by atoms with Crippen molar-refractivity contribution in [3.05, 3.63) is 58.7 Å². The maximum atomic E-state index is 13.6. The van der Waals surface area contributed by atoms with Crippen LogP contribution in [0.3, 0.4) is 0 Å². The summed E-state index contributed by atoms with van der Waals surface area (Å²) in [5.74, 6) is -1.98. The molecule has 0 aliphatic rings. The Morgan fingerprint density at radius 3 is 2.24 bits per heavy atom. The Morgan fingerprint density at radius 2 is 1.73 bits per heavy atom. The van der Waals surface area contributed by atoms with Gasteiger partial charge in [-0.1, -0.05) is 45.1 Å². The predicted octanol–water partition coefficient (Wildman–Crippen LogP) is 3.20.